The molecule has 38 heavy (non-hydrogen) atoms. The normalized spacial score (nSPS) is 17.3. The number of aliphatic hydroxyl groups excluding tert-OH is 1. The lowest BCUT2D eigenvalue weighted by atomic mass is 9.87. The van der Waals surface area contributed by atoms with Crippen molar-refractivity contribution in [2.24, 2.45) is 0 Å². The highest BCUT2D eigenvalue weighted by atomic mass is 32.1. The van der Waals surface area contributed by atoms with Crippen LogP contribution in [-0.2, 0) is 15.0 Å². The first kappa shape index (κ1) is 25.4. The van der Waals surface area contributed by atoms with Crippen LogP contribution in [-0.4, -0.2) is 41.0 Å². The van der Waals surface area contributed by atoms with E-state index in [0.717, 1.165) is 15.8 Å². The van der Waals surface area contributed by atoms with Crippen LogP contribution in [0.15, 0.2) is 66.5 Å². The molecule has 0 aliphatic carbocycles. The minimum absolute atomic E-state index is 0.0640. The van der Waals surface area contributed by atoms with E-state index in [-0.39, 0.29) is 16.6 Å². The lowest BCUT2D eigenvalue weighted by molar-refractivity contribution is -0.132. The Balaban J connectivity index is 1.74. The maximum Gasteiger partial charge on any atom is 0.301 e. The largest absolute Gasteiger partial charge is 0.506 e. The SMILES string of the molecule is COc1cccc(OC)c1/C(O)=C1\C(=O)C(=O)N(c2nc3ccc(C(C)(C)C)cc3s2)C1c1cccnc1. The van der Waals surface area contributed by atoms with E-state index in [1.165, 1.54) is 30.5 Å². The van der Waals surface area contributed by atoms with E-state index in [1.54, 1.807) is 42.7 Å². The molecule has 1 fully saturated rings. The van der Waals surface area contributed by atoms with Gasteiger partial charge in [-0.2, -0.15) is 0 Å². The molecule has 0 saturated carbocycles. The van der Waals surface area contributed by atoms with Crippen LogP contribution in [0.5, 0.6) is 11.5 Å². The first-order valence-electron chi connectivity index (χ1n) is 12.0. The molecular weight excluding hydrogens is 502 g/mol. The predicted octanol–water partition coefficient (Wildman–Crippen LogP) is 5.63. The molecule has 1 atom stereocenters. The zero-order valence-corrected chi connectivity index (χ0v) is 22.5. The van der Waals surface area contributed by atoms with Gasteiger partial charge in [0.2, 0.25) is 0 Å². The summed E-state index contributed by atoms with van der Waals surface area (Å²) in [5.41, 5.74) is 2.43. The number of rotatable bonds is 5. The molecule has 5 rings (SSSR count). The summed E-state index contributed by atoms with van der Waals surface area (Å²) in [4.78, 5) is 37.4. The molecule has 2 aromatic carbocycles. The topological polar surface area (TPSA) is 102 Å². The standard InChI is InChI=1S/C29H27N3O5S/c1-29(2,3)17-11-12-18-21(14-17)38-28(31-18)32-24(16-8-7-13-30-15-16)23(26(34)27(32)35)25(33)22-19(36-4)9-6-10-20(22)37-5/h6-15,24,33H,1-5H3/b25-23+. The number of hydrogen-bond acceptors (Lipinski definition) is 8. The number of methoxy groups -OCH3 is 2. The molecule has 1 saturated heterocycles. The number of carbonyl (C=O) groups is 2. The van der Waals surface area contributed by atoms with E-state index in [1.807, 2.05) is 12.1 Å². The van der Waals surface area contributed by atoms with Gasteiger partial charge in [-0.15, -0.1) is 0 Å². The van der Waals surface area contributed by atoms with E-state index in [4.69, 9.17) is 14.5 Å². The average molecular weight is 530 g/mol. The Labute approximate surface area is 224 Å². The number of aromatic nitrogens is 2. The summed E-state index contributed by atoms with van der Waals surface area (Å²) in [7, 11) is 2.91. The van der Waals surface area contributed by atoms with Crippen molar-refractivity contribution in [3.05, 3.63) is 83.2 Å². The Morgan fingerprint density at radius 1 is 1.03 bits per heavy atom. The van der Waals surface area contributed by atoms with Gasteiger partial charge in [0.15, 0.2) is 5.13 Å². The molecule has 0 spiro atoms. The Hall–Kier alpha value is -4.24. The lowest BCUT2D eigenvalue weighted by Gasteiger charge is -2.23. The van der Waals surface area contributed by atoms with E-state index < -0.39 is 23.5 Å². The quantitative estimate of drug-likeness (QED) is 0.203. The fraction of sp³-hybridized carbons (Fsp3) is 0.241. The van der Waals surface area contributed by atoms with Crippen LogP contribution in [0.4, 0.5) is 5.13 Å². The van der Waals surface area contributed by atoms with Crippen LogP contribution in [0, 0.1) is 0 Å². The molecule has 2 aromatic heterocycles. The van der Waals surface area contributed by atoms with Crippen molar-refractivity contribution in [3.8, 4) is 11.5 Å². The van der Waals surface area contributed by atoms with Gasteiger partial charge in [0.05, 0.1) is 36.1 Å². The smallest absolute Gasteiger partial charge is 0.301 e. The third kappa shape index (κ3) is 4.18. The molecule has 4 aromatic rings. The minimum Gasteiger partial charge on any atom is -0.506 e. The highest BCUT2D eigenvalue weighted by Crippen LogP contribution is 2.46. The molecule has 3 heterocycles. The van der Waals surface area contributed by atoms with Crippen molar-refractivity contribution in [1.82, 2.24) is 9.97 Å². The Kier molecular flexibility index (Phi) is 6.40. The first-order chi connectivity index (χ1) is 18.2. The van der Waals surface area contributed by atoms with E-state index in [2.05, 4.69) is 31.8 Å². The number of fused-ring (bicyclic) bond motifs is 1. The van der Waals surface area contributed by atoms with Crippen molar-refractivity contribution < 1.29 is 24.2 Å². The van der Waals surface area contributed by atoms with Crippen LogP contribution in [0.25, 0.3) is 16.0 Å². The zero-order chi connectivity index (χ0) is 27.2. The number of carbonyl (C=O) groups excluding carboxylic acids is 2. The molecule has 0 bridgehead atoms. The number of thiazole rings is 1. The minimum atomic E-state index is -0.957. The van der Waals surface area contributed by atoms with Crippen LogP contribution in [0.3, 0.4) is 0 Å². The molecule has 1 N–H and O–H groups in total. The molecule has 0 radical (unpaired) electrons. The van der Waals surface area contributed by atoms with Gasteiger partial charge in [-0.3, -0.25) is 19.5 Å². The van der Waals surface area contributed by atoms with Gasteiger partial charge in [0, 0.05) is 12.4 Å². The van der Waals surface area contributed by atoms with Gasteiger partial charge >= 0.3 is 5.91 Å². The maximum atomic E-state index is 13.6. The summed E-state index contributed by atoms with van der Waals surface area (Å²) in [6, 6.07) is 13.5. The average Bonchev–Trinajstić information content (AvgIpc) is 3.45. The second kappa shape index (κ2) is 9.57. The third-order valence-electron chi connectivity index (χ3n) is 6.56. The summed E-state index contributed by atoms with van der Waals surface area (Å²) in [5.74, 6) is -1.42. The Morgan fingerprint density at radius 3 is 2.34 bits per heavy atom. The number of amides is 1. The number of nitrogens with zero attached hydrogens (tertiary/aromatic N) is 3. The van der Waals surface area contributed by atoms with E-state index in [9.17, 15) is 14.7 Å². The van der Waals surface area contributed by atoms with Crippen molar-refractivity contribution in [3.63, 3.8) is 0 Å². The van der Waals surface area contributed by atoms with Crippen LogP contribution < -0.4 is 14.4 Å². The van der Waals surface area contributed by atoms with Gasteiger partial charge in [-0.1, -0.05) is 50.3 Å². The fourth-order valence-electron chi connectivity index (χ4n) is 4.58. The Bertz CT molecular complexity index is 1560. The molecular formula is C29H27N3O5S. The highest BCUT2D eigenvalue weighted by molar-refractivity contribution is 7.22. The maximum absolute atomic E-state index is 13.6. The van der Waals surface area contributed by atoms with E-state index in [0.29, 0.717) is 22.2 Å². The molecule has 1 amide bonds. The number of hydrogen-bond donors (Lipinski definition) is 1. The number of pyridine rings is 1. The van der Waals surface area contributed by atoms with Gasteiger partial charge in [-0.05, 0) is 46.9 Å². The third-order valence-corrected chi connectivity index (χ3v) is 7.58. The van der Waals surface area contributed by atoms with Crippen molar-refractivity contribution in [2.45, 2.75) is 32.2 Å². The van der Waals surface area contributed by atoms with Crippen LogP contribution >= 0.6 is 11.3 Å². The number of Topliss-reactive ketones (excluding diaryl/α,β-unsaturated/α-hetero) is 1. The molecule has 194 valence electrons. The lowest BCUT2D eigenvalue weighted by Crippen LogP contribution is -2.29. The molecule has 9 heteroatoms. The number of ketones is 1. The number of anilines is 1. The zero-order valence-electron chi connectivity index (χ0n) is 21.7. The highest BCUT2D eigenvalue weighted by Gasteiger charge is 2.48. The van der Waals surface area contributed by atoms with Gasteiger partial charge in [0.25, 0.3) is 5.78 Å². The Morgan fingerprint density at radius 2 is 1.74 bits per heavy atom. The van der Waals surface area contributed by atoms with Crippen molar-refractivity contribution in [2.75, 3.05) is 19.1 Å². The van der Waals surface area contributed by atoms with Gasteiger partial charge in [-0.25, -0.2) is 4.98 Å². The monoisotopic (exact) mass is 529 g/mol. The second-order valence-corrected chi connectivity index (χ2v) is 10.9. The van der Waals surface area contributed by atoms with Gasteiger partial charge in [0.1, 0.15) is 22.8 Å². The molecule has 1 unspecified atom stereocenters. The van der Waals surface area contributed by atoms with Crippen LogP contribution in [0.1, 0.15) is 43.5 Å². The fourth-order valence-corrected chi connectivity index (χ4v) is 5.62. The number of ether oxygens (including phenoxy) is 2. The summed E-state index contributed by atoms with van der Waals surface area (Å²) in [6.45, 7) is 6.38. The summed E-state index contributed by atoms with van der Waals surface area (Å²) in [6.07, 6.45) is 3.17. The second-order valence-electron chi connectivity index (χ2n) is 9.92. The van der Waals surface area contributed by atoms with E-state index >= 15 is 0 Å². The van der Waals surface area contributed by atoms with Gasteiger partial charge < -0.3 is 14.6 Å². The summed E-state index contributed by atoms with van der Waals surface area (Å²) >= 11 is 1.32. The number of benzene rings is 2. The summed E-state index contributed by atoms with van der Waals surface area (Å²) < 4.78 is 11.8. The first-order valence-corrected chi connectivity index (χ1v) is 12.8. The van der Waals surface area contributed by atoms with Crippen molar-refractivity contribution in [1.29, 1.82) is 0 Å². The summed E-state index contributed by atoms with van der Waals surface area (Å²) in [5, 5.41) is 11.9. The predicted molar refractivity (Wildman–Crippen MR) is 147 cm³/mol. The van der Waals surface area contributed by atoms with Crippen LogP contribution in [0.2, 0.25) is 0 Å². The molecule has 1 aliphatic heterocycles. The molecule has 8 nitrogen and oxygen atoms in total. The molecule has 1 aliphatic rings. The van der Waals surface area contributed by atoms with Crippen molar-refractivity contribution >= 4 is 44.1 Å². The number of aliphatic hydroxyl groups is 1.